The lowest BCUT2D eigenvalue weighted by Gasteiger charge is -2.15. The minimum Gasteiger partial charge on any atom is -0.370 e. The molecular formula is C11H14N4O. The molecule has 0 saturated carbocycles. The number of amides is 1. The molecule has 0 fully saturated rings. The van der Waals surface area contributed by atoms with Crippen molar-refractivity contribution in [2.24, 2.45) is 16.5 Å². The number of aliphatic imine (C=N–C) groups is 1. The molecule has 84 valence electrons. The number of nitrogens with zero attached hydrogens (tertiary/aromatic N) is 2. The van der Waals surface area contributed by atoms with Crippen LogP contribution < -0.4 is 16.4 Å². The maximum Gasteiger partial charge on any atom is 0.231 e. The van der Waals surface area contributed by atoms with Crippen LogP contribution in [0.1, 0.15) is 5.56 Å². The lowest BCUT2D eigenvalue weighted by molar-refractivity contribution is -0.117. The van der Waals surface area contributed by atoms with Crippen molar-refractivity contribution in [2.45, 2.75) is 6.42 Å². The summed E-state index contributed by atoms with van der Waals surface area (Å²) in [7, 11) is 0. The summed E-state index contributed by atoms with van der Waals surface area (Å²) in [6.45, 7) is 0.955. The van der Waals surface area contributed by atoms with Crippen LogP contribution in [0.4, 0.5) is 5.69 Å². The number of hydrogen-bond donors (Lipinski definition) is 2. The zero-order valence-electron chi connectivity index (χ0n) is 8.89. The third kappa shape index (κ3) is 1.98. The van der Waals surface area contributed by atoms with E-state index in [0.717, 1.165) is 11.3 Å². The predicted molar refractivity (Wildman–Crippen MR) is 63.2 cm³/mol. The highest BCUT2D eigenvalue weighted by molar-refractivity contribution is 6.01. The van der Waals surface area contributed by atoms with Crippen molar-refractivity contribution in [2.75, 3.05) is 18.0 Å². The van der Waals surface area contributed by atoms with Crippen LogP contribution in [0, 0.1) is 0 Å². The molecule has 0 saturated heterocycles. The quantitative estimate of drug-likeness (QED) is 0.546. The van der Waals surface area contributed by atoms with E-state index in [1.165, 1.54) is 0 Å². The molecule has 1 aliphatic heterocycles. The number of anilines is 1. The molecule has 0 radical (unpaired) electrons. The summed E-state index contributed by atoms with van der Waals surface area (Å²) >= 11 is 0. The van der Waals surface area contributed by atoms with E-state index in [1.54, 1.807) is 4.90 Å². The second-order valence-electron chi connectivity index (χ2n) is 3.66. The first-order valence-corrected chi connectivity index (χ1v) is 5.12. The molecule has 0 aliphatic carbocycles. The van der Waals surface area contributed by atoms with Crippen molar-refractivity contribution in [3.63, 3.8) is 0 Å². The van der Waals surface area contributed by atoms with Gasteiger partial charge in [-0.3, -0.25) is 9.79 Å². The molecule has 5 nitrogen and oxygen atoms in total. The fourth-order valence-corrected chi connectivity index (χ4v) is 1.84. The summed E-state index contributed by atoms with van der Waals surface area (Å²) in [5, 5.41) is 0. The average molecular weight is 218 g/mol. The van der Waals surface area contributed by atoms with Gasteiger partial charge in [-0.25, -0.2) is 0 Å². The summed E-state index contributed by atoms with van der Waals surface area (Å²) < 4.78 is 0. The van der Waals surface area contributed by atoms with Crippen LogP contribution >= 0.6 is 0 Å². The van der Waals surface area contributed by atoms with Crippen LogP contribution in [0.2, 0.25) is 0 Å². The van der Waals surface area contributed by atoms with Crippen LogP contribution in [0.3, 0.4) is 0 Å². The molecule has 0 atom stereocenters. The van der Waals surface area contributed by atoms with Gasteiger partial charge < -0.3 is 16.4 Å². The molecule has 1 amide bonds. The predicted octanol–water partition coefficient (Wildman–Crippen LogP) is -0.151. The molecule has 1 aromatic rings. The highest BCUT2D eigenvalue weighted by Crippen LogP contribution is 2.27. The van der Waals surface area contributed by atoms with Gasteiger partial charge in [0, 0.05) is 12.2 Å². The molecule has 1 aliphatic rings. The maximum atomic E-state index is 11.7. The summed E-state index contributed by atoms with van der Waals surface area (Å²) in [6, 6.07) is 7.76. The van der Waals surface area contributed by atoms with Crippen LogP contribution in [0.25, 0.3) is 0 Å². The summed E-state index contributed by atoms with van der Waals surface area (Å²) in [5.41, 5.74) is 12.5. The summed E-state index contributed by atoms with van der Waals surface area (Å²) in [5.74, 6) is 0.159. The molecule has 2 rings (SSSR count). The first-order chi connectivity index (χ1) is 7.68. The van der Waals surface area contributed by atoms with E-state index >= 15 is 0 Å². The Morgan fingerprint density at radius 3 is 2.88 bits per heavy atom. The summed E-state index contributed by atoms with van der Waals surface area (Å²) in [6.07, 6.45) is 0.470. The zero-order valence-corrected chi connectivity index (χ0v) is 8.89. The van der Waals surface area contributed by atoms with Gasteiger partial charge in [-0.2, -0.15) is 0 Å². The van der Waals surface area contributed by atoms with E-state index in [4.69, 9.17) is 11.5 Å². The topological polar surface area (TPSA) is 84.7 Å². The number of para-hydroxylation sites is 1. The van der Waals surface area contributed by atoms with E-state index in [0.29, 0.717) is 19.5 Å². The van der Waals surface area contributed by atoms with Gasteiger partial charge in [-0.1, -0.05) is 18.2 Å². The Morgan fingerprint density at radius 1 is 1.38 bits per heavy atom. The second kappa shape index (κ2) is 4.22. The molecule has 0 spiro atoms. The second-order valence-corrected chi connectivity index (χ2v) is 3.66. The molecule has 0 aromatic heterocycles. The Balaban J connectivity index is 2.10. The molecule has 0 unspecified atom stereocenters. The van der Waals surface area contributed by atoms with Crippen LogP contribution in [0.15, 0.2) is 29.3 Å². The number of hydrogen-bond acceptors (Lipinski definition) is 2. The van der Waals surface area contributed by atoms with Gasteiger partial charge in [-0.15, -0.1) is 0 Å². The van der Waals surface area contributed by atoms with Gasteiger partial charge in [-0.05, 0) is 11.6 Å². The number of fused-ring (bicyclic) bond motifs is 1. The van der Waals surface area contributed by atoms with E-state index < -0.39 is 0 Å². The molecular weight excluding hydrogens is 204 g/mol. The minimum absolute atomic E-state index is 0.0555. The molecule has 1 aromatic carbocycles. The summed E-state index contributed by atoms with van der Waals surface area (Å²) in [4.78, 5) is 17.3. The van der Waals surface area contributed by atoms with Crippen LogP contribution in [0.5, 0.6) is 0 Å². The molecule has 16 heavy (non-hydrogen) atoms. The molecule has 0 bridgehead atoms. The third-order valence-electron chi connectivity index (χ3n) is 2.54. The largest absolute Gasteiger partial charge is 0.370 e. The van der Waals surface area contributed by atoms with Gasteiger partial charge in [0.15, 0.2) is 5.96 Å². The van der Waals surface area contributed by atoms with Gasteiger partial charge in [0.2, 0.25) is 5.91 Å². The number of rotatable bonds is 3. The number of carbonyl (C=O) groups is 1. The molecule has 1 heterocycles. The Kier molecular flexibility index (Phi) is 2.76. The number of carbonyl (C=O) groups excluding carboxylic acids is 1. The Hall–Kier alpha value is -2.04. The molecule has 4 N–H and O–H groups in total. The van der Waals surface area contributed by atoms with E-state index in [2.05, 4.69) is 4.99 Å². The van der Waals surface area contributed by atoms with E-state index in [-0.39, 0.29) is 11.9 Å². The number of guanidine groups is 1. The van der Waals surface area contributed by atoms with E-state index in [1.807, 2.05) is 24.3 Å². The van der Waals surface area contributed by atoms with Gasteiger partial charge in [0.25, 0.3) is 0 Å². The normalized spacial score (nSPS) is 13.8. The van der Waals surface area contributed by atoms with Crippen molar-refractivity contribution in [1.82, 2.24) is 0 Å². The average Bonchev–Trinajstić information content (AvgIpc) is 2.55. The van der Waals surface area contributed by atoms with Gasteiger partial charge >= 0.3 is 0 Å². The minimum atomic E-state index is 0.0555. The monoisotopic (exact) mass is 218 g/mol. The van der Waals surface area contributed by atoms with Crippen LogP contribution in [-0.4, -0.2) is 25.0 Å². The van der Waals surface area contributed by atoms with Crippen molar-refractivity contribution < 1.29 is 4.79 Å². The lowest BCUT2D eigenvalue weighted by Crippen LogP contribution is -2.31. The highest BCUT2D eigenvalue weighted by atomic mass is 16.2. The van der Waals surface area contributed by atoms with E-state index in [9.17, 15) is 4.79 Å². The van der Waals surface area contributed by atoms with Crippen molar-refractivity contribution in [1.29, 1.82) is 0 Å². The van der Waals surface area contributed by atoms with Crippen molar-refractivity contribution in [3.8, 4) is 0 Å². The van der Waals surface area contributed by atoms with Crippen LogP contribution in [-0.2, 0) is 11.2 Å². The Morgan fingerprint density at radius 2 is 2.12 bits per heavy atom. The van der Waals surface area contributed by atoms with Gasteiger partial charge in [0.05, 0.1) is 13.0 Å². The zero-order chi connectivity index (χ0) is 11.5. The van der Waals surface area contributed by atoms with Crippen molar-refractivity contribution >= 4 is 17.6 Å². The first-order valence-electron chi connectivity index (χ1n) is 5.12. The fraction of sp³-hybridized carbons (Fsp3) is 0.273. The Labute approximate surface area is 93.7 Å². The van der Waals surface area contributed by atoms with Crippen molar-refractivity contribution in [3.05, 3.63) is 29.8 Å². The van der Waals surface area contributed by atoms with Gasteiger partial charge in [0.1, 0.15) is 0 Å². The SMILES string of the molecule is NC(N)=NCCN1C(=O)Cc2ccccc21. The third-order valence-corrected chi connectivity index (χ3v) is 2.54. The smallest absolute Gasteiger partial charge is 0.231 e. The standard InChI is InChI=1S/C11H14N4O/c12-11(13)14-5-6-15-9-4-2-1-3-8(9)7-10(15)16/h1-4H,5-7H2,(H4,12,13,14). The lowest BCUT2D eigenvalue weighted by atomic mass is 10.2. The fourth-order valence-electron chi connectivity index (χ4n) is 1.84. The Bertz CT molecular complexity index is 437. The highest BCUT2D eigenvalue weighted by Gasteiger charge is 2.25. The number of nitrogens with two attached hydrogens (primary N) is 2. The molecule has 5 heteroatoms. The first kappa shape index (κ1) is 10.5. The number of benzene rings is 1. The maximum absolute atomic E-state index is 11.7.